The first-order chi connectivity index (χ1) is 8.13. The normalized spacial score (nSPS) is 12.7. The van der Waals surface area contributed by atoms with E-state index < -0.39 is 6.04 Å². The fraction of sp³-hybridized carbons (Fsp3) is 0.273. The van der Waals surface area contributed by atoms with Crippen molar-refractivity contribution >= 4 is 22.6 Å². The third kappa shape index (κ3) is 2.48. The quantitative estimate of drug-likeness (QED) is 0.827. The summed E-state index contributed by atoms with van der Waals surface area (Å²) in [7, 11) is 0. The van der Waals surface area contributed by atoms with E-state index >= 15 is 0 Å². The molecule has 0 saturated heterocycles. The lowest BCUT2D eigenvalue weighted by atomic mass is 10.1. The first-order valence-corrected chi connectivity index (χ1v) is 6.17. The summed E-state index contributed by atoms with van der Waals surface area (Å²) in [6.45, 7) is 1.81. The first kappa shape index (κ1) is 12.5. The van der Waals surface area contributed by atoms with Crippen LogP contribution in [-0.2, 0) is 0 Å². The van der Waals surface area contributed by atoms with E-state index in [1.165, 1.54) is 0 Å². The molecule has 0 bridgehead atoms. The average Bonchev–Trinajstić information content (AvgIpc) is 2.81. The van der Waals surface area contributed by atoms with Gasteiger partial charge in [-0.25, -0.2) is 0 Å². The standard InChI is InChI=1S/C11H12IN3O2/c1-6-3-2-4-7(9(6)12)11-14-10(15-17-11)8(13)5-16/h2-4,8,16H,5,13H2,1H3. The molecule has 2 aromatic rings. The molecule has 2 rings (SSSR count). The molecule has 0 saturated carbocycles. The molecule has 3 N–H and O–H groups in total. The average molecular weight is 345 g/mol. The predicted molar refractivity (Wildman–Crippen MR) is 71.2 cm³/mol. The van der Waals surface area contributed by atoms with E-state index in [-0.39, 0.29) is 6.61 Å². The van der Waals surface area contributed by atoms with Gasteiger partial charge in [0.05, 0.1) is 18.2 Å². The van der Waals surface area contributed by atoms with Gasteiger partial charge < -0.3 is 15.4 Å². The fourth-order valence-corrected chi connectivity index (χ4v) is 1.98. The van der Waals surface area contributed by atoms with Gasteiger partial charge in [-0.05, 0) is 41.1 Å². The Bertz CT molecular complexity index is 527. The zero-order valence-corrected chi connectivity index (χ0v) is 11.4. The van der Waals surface area contributed by atoms with Crippen molar-refractivity contribution in [2.45, 2.75) is 13.0 Å². The van der Waals surface area contributed by atoms with Crippen LogP contribution in [0.25, 0.3) is 11.5 Å². The molecule has 1 atom stereocenters. The zero-order chi connectivity index (χ0) is 12.4. The Morgan fingerprint density at radius 3 is 3.00 bits per heavy atom. The zero-order valence-electron chi connectivity index (χ0n) is 9.22. The van der Waals surface area contributed by atoms with E-state index in [0.717, 1.165) is 14.7 Å². The van der Waals surface area contributed by atoms with Gasteiger partial charge in [0, 0.05) is 3.57 Å². The molecule has 5 nitrogen and oxygen atoms in total. The maximum Gasteiger partial charge on any atom is 0.259 e. The first-order valence-electron chi connectivity index (χ1n) is 5.09. The minimum absolute atomic E-state index is 0.204. The molecule has 90 valence electrons. The molecule has 0 aliphatic heterocycles. The maximum absolute atomic E-state index is 8.92. The van der Waals surface area contributed by atoms with Crippen LogP contribution >= 0.6 is 22.6 Å². The number of nitrogens with zero attached hydrogens (tertiary/aromatic N) is 2. The van der Waals surface area contributed by atoms with Crippen molar-refractivity contribution in [3.05, 3.63) is 33.2 Å². The summed E-state index contributed by atoms with van der Waals surface area (Å²) in [5, 5.41) is 12.7. The Kier molecular flexibility index (Phi) is 3.75. The van der Waals surface area contributed by atoms with Gasteiger partial charge in [0.25, 0.3) is 5.89 Å². The smallest absolute Gasteiger partial charge is 0.259 e. The third-order valence-electron chi connectivity index (χ3n) is 2.39. The van der Waals surface area contributed by atoms with Gasteiger partial charge in [0.2, 0.25) is 0 Å². The lowest BCUT2D eigenvalue weighted by molar-refractivity contribution is 0.260. The molecule has 1 aromatic carbocycles. The molecule has 0 amide bonds. The van der Waals surface area contributed by atoms with Crippen LogP contribution in [0, 0.1) is 10.5 Å². The van der Waals surface area contributed by atoms with Gasteiger partial charge in [-0.1, -0.05) is 17.3 Å². The number of nitrogens with two attached hydrogens (primary N) is 1. The number of aryl methyl sites for hydroxylation is 1. The van der Waals surface area contributed by atoms with Crippen LogP contribution in [0.2, 0.25) is 0 Å². The van der Waals surface area contributed by atoms with E-state index in [9.17, 15) is 0 Å². The van der Waals surface area contributed by atoms with Crippen molar-refractivity contribution in [1.29, 1.82) is 0 Å². The summed E-state index contributed by atoms with van der Waals surface area (Å²) in [6, 6.07) is 5.26. The number of halogens is 1. The van der Waals surface area contributed by atoms with Crippen LogP contribution in [0.4, 0.5) is 0 Å². The van der Waals surface area contributed by atoms with Crippen LogP contribution in [0.3, 0.4) is 0 Å². The predicted octanol–water partition coefficient (Wildman–Crippen LogP) is 1.64. The number of hydrogen-bond donors (Lipinski definition) is 2. The Balaban J connectivity index is 2.40. The summed E-state index contributed by atoms with van der Waals surface area (Å²) in [4.78, 5) is 4.19. The van der Waals surface area contributed by atoms with Crippen molar-refractivity contribution in [2.75, 3.05) is 6.61 Å². The highest BCUT2D eigenvalue weighted by Gasteiger charge is 2.16. The molecule has 1 heterocycles. The minimum Gasteiger partial charge on any atom is -0.394 e. The number of aliphatic hydroxyl groups is 1. The number of benzene rings is 1. The van der Waals surface area contributed by atoms with Crippen molar-refractivity contribution in [3.63, 3.8) is 0 Å². The summed E-state index contributed by atoms with van der Waals surface area (Å²) >= 11 is 2.24. The van der Waals surface area contributed by atoms with Crippen molar-refractivity contribution in [3.8, 4) is 11.5 Å². The SMILES string of the molecule is Cc1cccc(-c2nc(C(N)CO)no2)c1I. The Morgan fingerprint density at radius 1 is 1.53 bits per heavy atom. The number of aliphatic hydroxyl groups excluding tert-OH is 1. The highest BCUT2D eigenvalue weighted by molar-refractivity contribution is 14.1. The van der Waals surface area contributed by atoms with E-state index in [0.29, 0.717) is 11.7 Å². The van der Waals surface area contributed by atoms with Gasteiger partial charge >= 0.3 is 0 Å². The molecule has 0 radical (unpaired) electrons. The van der Waals surface area contributed by atoms with Crippen LogP contribution in [0.15, 0.2) is 22.7 Å². The van der Waals surface area contributed by atoms with Gasteiger partial charge in [0.15, 0.2) is 5.82 Å². The molecule has 0 aliphatic rings. The van der Waals surface area contributed by atoms with E-state index in [4.69, 9.17) is 15.4 Å². The fourth-order valence-electron chi connectivity index (χ4n) is 1.39. The minimum atomic E-state index is -0.602. The third-order valence-corrected chi connectivity index (χ3v) is 3.82. The maximum atomic E-state index is 8.92. The molecule has 1 unspecified atom stereocenters. The number of hydrogen-bond acceptors (Lipinski definition) is 5. The molecular weight excluding hydrogens is 333 g/mol. The molecule has 0 aliphatic carbocycles. The van der Waals surface area contributed by atoms with Crippen LogP contribution in [0.5, 0.6) is 0 Å². The number of aromatic nitrogens is 2. The van der Waals surface area contributed by atoms with E-state index in [1.807, 2.05) is 25.1 Å². The summed E-state index contributed by atoms with van der Waals surface area (Å²) in [6.07, 6.45) is 0. The van der Waals surface area contributed by atoms with E-state index in [2.05, 4.69) is 32.7 Å². The Hall–Kier alpha value is -0.990. The molecule has 0 spiro atoms. The van der Waals surface area contributed by atoms with Crippen molar-refractivity contribution < 1.29 is 9.63 Å². The lowest BCUT2D eigenvalue weighted by Gasteiger charge is -2.02. The summed E-state index contributed by atoms with van der Waals surface area (Å²) in [5.41, 5.74) is 7.65. The van der Waals surface area contributed by atoms with E-state index in [1.54, 1.807) is 0 Å². The van der Waals surface area contributed by atoms with Gasteiger partial charge in [-0.15, -0.1) is 0 Å². The van der Waals surface area contributed by atoms with Crippen molar-refractivity contribution in [1.82, 2.24) is 10.1 Å². The number of rotatable bonds is 3. The Labute approximate surface area is 112 Å². The van der Waals surface area contributed by atoms with Crippen LogP contribution in [0.1, 0.15) is 17.4 Å². The molecule has 17 heavy (non-hydrogen) atoms. The highest BCUT2D eigenvalue weighted by atomic mass is 127. The molecule has 0 fully saturated rings. The summed E-state index contributed by atoms with van der Waals surface area (Å²) < 4.78 is 6.22. The molecule has 6 heteroatoms. The van der Waals surface area contributed by atoms with Crippen LogP contribution in [-0.4, -0.2) is 21.9 Å². The van der Waals surface area contributed by atoms with Gasteiger partial charge in [-0.2, -0.15) is 4.98 Å². The second-order valence-corrected chi connectivity index (χ2v) is 4.76. The topological polar surface area (TPSA) is 85.2 Å². The van der Waals surface area contributed by atoms with Gasteiger partial charge in [0.1, 0.15) is 0 Å². The van der Waals surface area contributed by atoms with Crippen molar-refractivity contribution in [2.24, 2.45) is 5.73 Å². The Morgan fingerprint density at radius 2 is 2.29 bits per heavy atom. The highest BCUT2D eigenvalue weighted by Crippen LogP contribution is 2.26. The molecular formula is C11H12IN3O2. The molecule has 1 aromatic heterocycles. The lowest BCUT2D eigenvalue weighted by Crippen LogP contribution is -2.15. The summed E-state index contributed by atoms with van der Waals surface area (Å²) in [5.74, 6) is 0.747. The monoisotopic (exact) mass is 345 g/mol. The largest absolute Gasteiger partial charge is 0.394 e. The van der Waals surface area contributed by atoms with Crippen LogP contribution < -0.4 is 5.73 Å². The second-order valence-electron chi connectivity index (χ2n) is 3.68. The van der Waals surface area contributed by atoms with Gasteiger partial charge in [-0.3, -0.25) is 0 Å². The second kappa shape index (κ2) is 5.11.